The van der Waals surface area contributed by atoms with Gasteiger partial charge in [0.05, 0.1) is 0 Å². The fraction of sp³-hybridized carbons (Fsp3) is 1.00. The molecule has 0 rings (SSSR count). The van der Waals surface area contributed by atoms with Crippen LogP contribution in [0.4, 0.5) is 0 Å². The molecule has 0 bridgehead atoms. The molecule has 0 fully saturated rings. The zero-order chi connectivity index (χ0) is 5.41. The molecule has 0 aromatic carbocycles. The number of hydrogen-bond donors (Lipinski definition) is 2. The molecule has 0 spiro atoms. The standard InChI is InChI=1S/2C2H6O.2ClH.Hf/c2*1-2-3;;;/h2*3H,2H2,1H3;2*1H;/p-2. The Kier molecular flexibility index (Phi) is 203. The van der Waals surface area contributed by atoms with E-state index in [2.05, 4.69) is 0 Å². The Morgan fingerprint density at radius 3 is 0.889 bits per heavy atom. The van der Waals surface area contributed by atoms with Gasteiger partial charge in [-0.25, -0.2) is 0 Å². The van der Waals surface area contributed by atoms with Gasteiger partial charge in [0.2, 0.25) is 0 Å². The fourth-order valence-corrected chi connectivity index (χ4v) is 0. The van der Waals surface area contributed by atoms with E-state index in [1.807, 2.05) is 0 Å². The fourth-order valence-electron chi connectivity index (χ4n) is 0. The molecule has 0 saturated heterocycles. The van der Waals surface area contributed by atoms with Gasteiger partial charge in [-0.05, 0) is 13.8 Å². The van der Waals surface area contributed by atoms with Crippen molar-refractivity contribution in [1.82, 2.24) is 0 Å². The van der Waals surface area contributed by atoms with Crippen LogP contribution >= 0.6 is 0 Å². The molecule has 9 heavy (non-hydrogen) atoms. The Bertz CT molecular complexity index is 18.5. The molecule has 2 N–H and O–H groups in total. The van der Waals surface area contributed by atoms with E-state index < -0.39 is 0 Å². The minimum atomic E-state index is 0. The zero-order valence-corrected chi connectivity index (χ0v) is 10.7. The van der Waals surface area contributed by atoms with Crippen LogP contribution in [0.2, 0.25) is 0 Å². The topological polar surface area (TPSA) is 40.5 Å². The van der Waals surface area contributed by atoms with Crippen molar-refractivity contribution < 1.29 is 60.9 Å². The van der Waals surface area contributed by atoms with E-state index in [0.29, 0.717) is 0 Å². The largest absolute Gasteiger partial charge is 1.00 e. The predicted molar refractivity (Wildman–Crippen MR) is 25.5 cm³/mol. The number of hydrogen-bond acceptors (Lipinski definition) is 2. The molecule has 5 heteroatoms. The molecule has 0 aromatic heterocycles. The maximum absolute atomic E-state index is 7.57. The first kappa shape index (κ1) is 31.6. The molecule has 0 radical (unpaired) electrons. The van der Waals surface area contributed by atoms with Crippen molar-refractivity contribution in [2.45, 2.75) is 13.8 Å². The minimum Gasteiger partial charge on any atom is -1.00 e. The third-order valence-corrected chi connectivity index (χ3v) is 0. The summed E-state index contributed by atoms with van der Waals surface area (Å²) in [5.74, 6) is 0. The van der Waals surface area contributed by atoms with Gasteiger partial charge in [-0.1, -0.05) is 0 Å². The normalized spacial score (nSPS) is 4.00. The Labute approximate surface area is 87.6 Å². The van der Waals surface area contributed by atoms with Crippen LogP contribution in [0.1, 0.15) is 13.8 Å². The van der Waals surface area contributed by atoms with Crippen molar-refractivity contribution in [1.29, 1.82) is 0 Å². The number of rotatable bonds is 0. The van der Waals surface area contributed by atoms with Gasteiger partial charge in [0.1, 0.15) is 0 Å². The Balaban J connectivity index is -0.00000000889. The molecular weight excluding hydrogens is 329 g/mol. The van der Waals surface area contributed by atoms with E-state index in [4.69, 9.17) is 10.2 Å². The average Bonchev–Trinajstić information content (AvgIpc) is 1.39. The summed E-state index contributed by atoms with van der Waals surface area (Å²) in [5, 5.41) is 15.1. The summed E-state index contributed by atoms with van der Waals surface area (Å²) in [6, 6.07) is 0. The number of halogens is 2. The van der Waals surface area contributed by atoms with E-state index in [1.54, 1.807) is 13.8 Å². The summed E-state index contributed by atoms with van der Waals surface area (Å²) in [6.45, 7) is 3.86. The van der Waals surface area contributed by atoms with Crippen LogP contribution in [0.3, 0.4) is 0 Å². The Morgan fingerprint density at radius 1 is 0.889 bits per heavy atom. The van der Waals surface area contributed by atoms with E-state index in [0.717, 1.165) is 0 Å². The van der Waals surface area contributed by atoms with Crippen LogP contribution in [0.15, 0.2) is 0 Å². The molecule has 0 unspecified atom stereocenters. The maximum Gasteiger partial charge on any atom is 0.0402 e. The van der Waals surface area contributed by atoms with E-state index in [9.17, 15) is 0 Å². The first-order valence-corrected chi connectivity index (χ1v) is 2.05. The van der Waals surface area contributed by atoms with Crippen molar-refractivity contribution in [2.75, 3.05) is 13.2 Å². The SMILES string of the molecule is CCO.CCO.[Cl-].[Cl-].[Hf]. The Hall–Kier alpha value is 1.37. The van der Waals surface area contributed by atoms with E-state index >= 15 is 0 Å². The zero-order valence-electron chi connectivity index (χ0n) is 5.56. The summed E-state index contributed by atoms with van der Waals surface area (Å²) in [5.41, 5.74) is 0. The van der Waals surface area contributed by atoms with Gasteiger partial charge >= 0.3 is 0 Å². The van der Waals surface area contributed by atoms with E-state index in [1.165, 1.54) is 0 Å². The average molecular weight is 342 g/mol. The van der Waals surface area contributed by atoms with Gasteiger partial charge in [-0.3, -0.25) is 0 Å². The van der Waals surface area contributed by atoms with Gasteiger partial charge in [0.15, 0.2) is 0 Å². The summed E-state index contributed by atoms with van der Waals surface area (Å²) >= 11 is 0. The molecular formula is C4H12Cl2HfO2-2. The van der Waals surface area contributed by atoms with Crippen LogP contribution in [0, 0.1) is 0 Å². The van der Waals surface area contributed by atoms with Crippen LogP contribution in [-0.2, 0) is 25.8 Å². The second-order valence-electron chi connectivity index (χ2n) is 0.632. The summed E-state index contributed by atoms with van der Waals surface area (Å²) in [6.07, 6.45) is 0. The van der Waals surface area contributed by atoms with Crippen LogP contribution in [0.25, 0.3) is 0 Å². The molecule has 0 atom stereocenters. The second-order valence-corrected chi connectivity index (χ2v) is 0.632. The second kappa shape index (κ2) is 57.8. The molecule has 0 aliphatic rings. The van der Waals surface area contributed by atoms with Gasteiger partial charge in [0, 0.05) is 39.1 Å². The van der Waals surface area contributed by atoms with Gasteiger partial charge in [-0.2, -0.15) is 0 Å². The van der Waals surface area contributed by atoms with E-state index in [-0.39, 0.29) is 63.9 Å². The maximum atomic E-state index is 7.57. The van der Waals surface area contributed by atoms with Gasteiger partial charge in [-0.15, -0.1) is 0 Å². The van der Waals surface area contributed by atoms with Gasteiger partial charge < -0.3 is 35.0 Å². The van der Waals surface area contributed by atoms with Crippen LogP contribution in [-0.4, -0.2) is 23.4 Å². The number of aliphatic hydroxyl groups is 2. The van der Waals surface area contributed by atoms with Crippen LogP contribution in [0.5, 0.6) is 0 Å². The Morgan fingerprint density at radius 2 is 0.889 bits per heavy atom. The van der Waals surface area contributed by atoms with Crippen molar-refractivity contribution >= 4 is 0 Å². The first-order chi connectivity index (χ1) is 2.83. The van der Waals surface area contributed by atoms with Crippen molar-refractivity contribution in [3.63, 3.8) is 0 Å². The first-order valence-electron chi connectivity index (χ1n) is 2.05. The monoisotopic (exact) mass is 342 g/mol. The molecule has 0 heterocycles. The molecule has 2 nitrogen and oxygen atoms in total. The van der Waals surface area contributed by atoms with Crippen molar-refractivity contribution in [3.05, 3.63) is 0 Å². The predicted octanol–water partition coefficient (Wildman–Crippen LogP) is -6.00. The molecule has 0 saturated carbocycles. The summed E-state index contributed by atoms with van der Waals surface area (Å²) < 4.78 is 0. The summed E-state index contributed by atoms with van der Waals surface area (Å²) in [7, 11) is 0. The minimum absolute atomic E-state index is 0. The molecule has 0 amide bonds. The van der Waals surface area contributed by atoms with Crippen molar-refractivity contribution in [3.8, 4) is 0 Å². The molecule has 0 aliphatic heterocycles. The van der Waals surface area contributed by atoms with Gasteiger partial charge in [0.25, 0.3) is 0 Å². The van der Waals surface area contributed by atoms with Crippen molar-refractivity contribution in [2.24, 2.45) is 0 Å². The molecule has 0 aliphatic carbocycles. The third-order valence-electron chi connectivity index (χ3n) is 0. The smallest absolute Gasteiger partial charge is 0.0402 e. The molecule has 0 aromatic rings. The third kappa shape index (κ3) is 271. The van der Waals surface area contributed by atoms with Crippen LogP contribution < -0.4 is 24.8 Å². The quantitative estimate of drug-likeness (QED) is 0.431. The summed E-state index contributed by atoms with van der Waals surface area (Å²) in [4.78, 5) is 0. The number of aliphatic hydroxyl groups excluding tert-OH is 2. The molecule has 60 valence electrons.